The van der Waals surface area contributed by atoms with E-state index in [4.69, 9.17) is 16.3 Å². The van der Waals surface area contributed by atoms with Gasteiger partial charge < -0.3 is 9.64 Å². The number of carbonyl (C=O) groups excluding carboxylic acids is 2. The number of halogens is 1. The summed E-state index contributed by atoms with van der Waals surface area (Å²) in [4.78, 5) is 36.3. The smallest absolute Gasteiger partial charge is 0.340 e. The second kappa shape index (κ2) is 8.22. The molecule has 1 amide bonds. The van der Waals surface area contributed by atoms with Crippen LogP contribution in [0.15, 0.2) is 18.2 Å². The van der Waals surface area contributed by atoms with Crippen LogP contribution in [0.1, 0.15) is 30.6 Å². The highest BCUT2D eigenvalue weighted by Gasteiger charge is 2.36. The van der Waals surface area contributed by atoms with E-state index in [9.17, 15) is 28.1 Å². The van der Waals surface area contributed by atoms with Gasteiger partial charge in [0.1, 0.15) is 0 Å². The van der Waals surface area contributed by atoms with E-state index in [1.807, 2.05) is 0 Å². The van der Waals surface area contributed by atoms with Crippen molar-refractivity contribution in [3.05, 3.63) is 38.9 Å². The molecule has 0 aromatic heterocycles. The maximum Gasteiger partial charge on any atom is 0.340 e. The molecule has 9 nitrogen and oxygen atoms in total. The largest absolute Gasteiger partial charge is 0.449 e. The van der Waals surface area contributed by atoms with E-state index in [-0.39, 0.29) is 34.3 Å². The third kappa shape index (κ3) is 4.95. The Bertz CT molecular complexity index is 872. The zero-order chi connectivity index (χ0) is 20.4. The van der Waals surface area contributed by atoms with Gasteiger partial charge in [-0.25, -0.2) is 13.2 Å². The van der Waals surface area contributed by atoms with Gasteiger partial charge in [-0.05, 0) is 26.3 Å². The number of nitro benzene ring substituents is 1. The highest BCUT2D eigenvalue weighted by atomic mass is 35.5. The highest BCUT2D eigenvalue weighted by Crippen LogP contribution is 2.24. The third-order valence-electron chi connectivity index (χ3n) is 4.29. The fraction of sp³-hybridized carbons (Fsp3) is 0.500. The van der Waals surface area contributed by atoms with Gasteiger partial charge in [-0.15, -0.1) is 0 Å². The summed E-state index contributed by atoms with van der Waals surface area (Å²) in [7, 11) is -3.17. The summed E-state index contributed by atoms with van der Waals surface area (Å²) in [6.07, 6.45) is -0.816. The fourth-order valence-corrected chi connectivity index (χ4v) is 4.89. The lowest BCUT2D eigenvalue weighted by Crippen LogP contribution is -2.46. The van der Waals surface area contributed by atoms with Gasteiger partial charge in [0.15, 0.2) is 15.9 Å². The maximum absolute atomic E-state index is 12.6. The Morgan fingerprint density at radius 1 is 1.44 bits per heavy atom. The van der Waals surface area contributed by atoms with Gasteiger partial charge in [0.05, 0.1) is 27.0 Å². The highest BCUT2D eigenvalue weighted by molar-refractivity contribution is 7.91. The first-order valence-electron chi connectivity index (χ1n) is 8.21. The minimum absolute atomic E-state index is 0.0218. The third-order valence-corrected chi connectivity index (χ3v) is 6.35. The summed E-state index contributed by atoms with van der Waals surface area (Å²) in [5.74, 6) is -1.49. The van der Waals surface area contributed by atoms with Crippen molar-refractivity contribution in [2.45, 2.75) is 32.4 Å². The molecule has 1 saturated heterocycles. The molecule has 148 valence electrons. The average Bonchev–Trinajstić information content (AvgIpc) is 2.94. The molecular weight excluding hydrogens is 400 g/mol. The lowest BCUT2D eigenvalue weighted by molar-refractivity contribution is -0.384. The van der Waals surface area contributed by atoms with Crippen molar-refractivity contribution in [1.82, 2.24) is 4.90 Å². The first-order chi connectivity index (χ1) is 12.6. The van der Waals surface area contributed by atoms with Gasteiger partial charge >= 0.3 is 5.97 Å². The van der Waals surface area contributed by atoms with Crippen LogP contribution in [0.5, 0.6) is 0 Å². The number of carbonyl (C=O) groups is 2. The van der Waals surface area contributed by atoms with Crippen LogP contribution in [0.4, 0.5) is 5.69 Å². The van der Waals surface area contributed by atoms with Gasteiger partial charge in [0, 0.05) is 24.7 Å². The lowest BCUT2D eigenvalue weighted by Gasteiger charge is -2.29. The van der Waals surface area contributed by atoms with Gasteiger partial charge in [0.2, 0.25) is 0 Å². The van der Waals surface area contributed by atoms with E-state index in [0.29, 0.717) is 6.42 Å². The average molecular weight is 419 g/mol. The van der Waals surface area contributed by atoms with Crippen LogP contribution >= 0.6 is 11.6 Å². The number of hydrogen-bond donors (Lipinski definition) is 0. The number of nitro groups is 1. The first kappa shape index (κ1) is 21.1. The van der Waals surface area contributed by atoms with Crippen molar-refractivity contribution in [1.29, 1.82) is 0 Å². The van der Waals surface area contributed by atoms with Gasteiger partial charge in [-0.3, -0.25) is 14.9 Å². The van der Waals surface area contributed by atoms with Crippen LogP contribution in [0.3, 0.4) is 0 Å². The van der Waals surface area contributed by atoms with Gasteiger partial charge in [0.25, 0.3) is 11.6 Å². The number of sulfone groups is 1. The molecule has 11 heteroatoms. The summed E-state index contributed by atoms with van der Waals surface area (Å²) in [6.45, 7) is 3.37. The summed E-state index contributed by atoms with van der Waals surface area (Å²) in [5.41, 5.74) is -0.381. The molecule has 2 atom stereocenters. The molecule has 0 aliphatic carbocycles. The number of esters is 1. The molecule has 1 aliphatic heterocycles. The molecule has 0 unspecified atom stereocenters. The molecule has 1 heterocycles. The number of benzene rings is 1. The lowest BCUT2D eigenvalue weighted by atomic mass is 10.2. The van der Waals surface area contributed by atoms with E-state index in [2.05, 4.69) is 0 Å². The number of ether oxygens (including phenoxy) is 1. The molecule has 0 spiro atoms. The zero-order valence-electron chi connectivity index (χ0n) is 14.8. The minimum Gasteiger partial charge on any atom is -0.449 e. The molecule has 27 heavy (non-hydrogen) atoms. The van der Waals surface area contributed by atoms with Gasteiger partial charge in [-0.2, -0.15) is 0 Å². The van der Waals surface area contributed by atoms with Crippen LogP contribution in [0.25, 0.3) is 0 Å². The maximum atomic E-state index is 12.6. The molecule has 1 aliphatic rings. The predicted molar refractivity (Wildman–Crippen MR) is 97.4 cm³/mol. The van der Waals surface area contributed by atoms with Crippen molar-refractivity contribution >= 4 is 39.0 Å². The second-order valence-electron chi connectivity index (χ2n) is 6.15. The number of likely N-dealkylation sites (N-methyl/N-ethyl adjacent to an activating group) is 1. The number of rotatable bonds is 6. The first-order valence-corrected chi connectivity index (χ1v) is 10.4. The van der Waals surface area contributed by atoms with Crippen LogP contribution < -0.4 is 0 Å². The monoisotopic (exact) mass is 418 g/mol. The molecule has 0 saturated carbocycles. The molecule has 0 bridgehead atoms. The van der Waals surface area contributed by atoms with Crippen molar-refractivity contribution in [3.8, 4) is 0 Å². The molecular formula is C16H19ClN2O7S. The molecule has 1 fully saturated rings. The Hall–Kier alpha value is -2.20. The van der Waals surface area contributed by atoms with Crippen molar-refractivity contribution < 1.29 is 27.7 Å². The van der Waals surface area contributed by atoms with E-state index < -0.39 is 38.8 Å². The van der Waals surface area contributed by atoms with E-state index >= 15 is 0 Å². The van der Waals surface area contributed by atoms with Crippen LogP contribution in [0.2, 0.25) is 5.02 Å². The SMILES string of the molecule is CCN(C(=O)[C@@H](C)OC(=O)c1ccc([N+](=O)[O-])cc1Cl)[C@@H]1CCS(=O)(=O)C1. The standard InChI is InChI=1S/C16H19ClN2O7S/c1-3-18(12-6-7-27(24,25)9-12)15(20)10(2)26-16(21)13-5-4-11(19(22)23)8-14(13)17/h4-5,8,10,12H,3,6-7,9H2,1-2H3/t10-,12-/m1/s1. The second-order valence-corrected chi connectivity index (χ2v) is 8.79. The van der Waals surface area contributed by atoms with Gasteiger partial charge in [-0.1, -0.05) is 11.6 Å². The van der Waals surface area contributed by atoms with E-state index in [1.54, 1.807) is 6.92 Å². The number of non-ortho nitro benzene ring substituents is 1. The normalized spacial score (nSPS) is 19.3. The molecule has 2 rings (SSSR count). The number of nitrogens with zero attached hydrogens (tertiary/aromatic N) is 2. The molecule has 0 N–H and O–H groups in total. The number of hydrogen-bond acceptors (Lipinski definition) is 7. The van der Waals surface area contributed by atoms with Crippen molar-refractivity contribution in [3.63, 3.8) is 0 Å². The summed E-state index contributed by atoms with van der Waals surface area (Å²) in [6, 6.07) is 2.83. The number of amides is 1. The van der Waals surface area contributed by atoms with Crippen molar-refractivity contribution in [2.75, 3.05) is 18.1 Å². The Morgan fingerprint density at radius 3 is 2.59 bits per heavy atom. The Kier molecular flexibility index (Phi) is 6.42. The quantitative estimate of drug-likeness (QED) is 0.392. The summed E-state index contributed by atoms with van der Waals surface area (Å²) < 4.78 is 28.4. The van der Waals surface area contributed by atoms with Crippen LogP contribution in [-0.4, -0.2) is 60.3 Å². The Labute approximate surface area is 161 Å². The Balaban J connectivity index is 2.09. The molecule has 1 aromatic rings. The predicted octanol–water partition coefficient (Wildman–Crippen LogP) is 1.83. The molecule has 0 radical (unpaired) electrons. The molecule has 1 aromatic carbocycles. The summed E-state index contributed by atoms with van der Waals surface area (Å²) >= 11 is 5.89. The van der Waals surface area contributed by atoms with Crippen LogP contribution in [-0.2, 0) is 19.4 Å². The van der Waals surface area contributed by atoms with Crippen LogP contribution in [0, 0.1) is 10.1 Å². The van der Waals surface area contributed by atoms with E-state index in [0.717, 1.165) is 18.2 Å². The van der Waals surface area contributed by atoms with Crippen molar-refractivity contribution in [2.24, 2.45) is 0 Å². The van der Waals surface area contributed by atoms with E-state index in [1.165, 1.54) is 11.8 Å². The zero-order valence-corrected chi connectivity index (χ0v) is 16.3. The minimum atomic E-state index is -3.17. The Morgan fingerprint density at radius 2 is 2.11 bits per heavy atom. The fourth-order valence-electron chi connectivity index (χ4n) is 2.91. The topological polar surface area (TPSA) is 124 Å². The summed E-state index contributed by atoms with van der Waals surface area (Å²) in [5, 5.41) is 10.6.